The van der Waals surface area contributed by atoms with Crippen LogP contribution in [-0.4, -0.2) is 47.7 Å². The fourth-order valence-corrected chi connectivity index (χ4v) is 1.14. The van der Waals surface area contributed by atoms with Gasteiger partial charge in [0.2, 0.25) is 0 Å². The number of hydrogen-bond acceptors (Lipinski definition) is 5. The van der Waals surface area contributed by atoms with Crippen LogP contribution in [0.3, 0.4) is 0 Å². The molecule has 0 aliphatic heterocycles. The lowest BCUT2D eigenvalue weighted by Gasteiger charge is -2.03. The predicted octanol–water partition coefficient (Wildman–Crippen LogP) is 0.655. The second-order valence-corrected chi connectivity index (χ2v) is 3.23. The Morgan fingerprint density at radius 1 is 1.47 bits per heavy atom. The normalized spacial score (nSPS) is 10.9. The first kappa shape index (κ1) is 13.5. The van der Waals surface area contributed by atoms with Crippen LogP contribution in [0.15, 0.2) is 0 Å². The molecule has 1 heterocycles. The summed E-state index contributed by atoms with van der Waals surface area (Å²) in [5.74, 6) is -0.694. The molecule has 0 saturated carbocycles. The fraction of sp³-hybridized carbons (Fsp3) is 0.667. The fourth-order valence-electron chi connectivity index (χ4n) is 1.14. The highest BCUT2D eigenvalue weighted by molar-refractivity contribution is 5.88. The molecule has 0 bridgehead atoms. The molecule has 96 valence electrons. The van der Waals surface area contributed by atoms with Crippen molar-refractivity contribution in [2.45, 2.75) is 19.9 Å². The van der Waals surface area contributed by atoms with E-state index in [2.05, 4.69) is 10.3 Å². The highest BCUT2D eigenvalue weighted by atomic mass is 19.3. The van der Waals surface area contributed by atoms with Crippen molar-refractivity contribution >= 4 is 5.97 Å². The third kappa shape index (κ3) is 3.74. The number of methoxy groups -OCH3 is 1. The molecule has 0 spiro atoms. The van der Waals surface area contributed by atoms with Crippen LogP contribution in [0.1, 0.15) is 16.2 Å². The minimum atomic E-state index is -2.55. The van der Waals surface area contributed by atoms with Gasteiger partial charge in [-0.3, -0.25) is 0 Å². The summed E-state index contributed by atoms with van der Waals surface area (Å²) in [5.41, 5.74) is 0.203. The van der Waals surface area contributed by atoms with Crippen molar-refractivity contribution in [2.24, 2.45) is 0 Å². The minimum absolute atomic E-state index is 0.0539. The lowest BCUT2D eigenvalue weighted by Crippen LogP contribution is -2.13. The summed E-state index contributed by atoms with van der Waals surface area (Å²) < 4.78 is 34.7. The molecule has 0 unspecified atom stereocenters. The van der Waals surface area contributed by atoms with Gasteiger partial charge >= 0.3 is 5.97 Å². The first-order valence-corrected chi connectivity index (χ1v) is 4.90. The second-order valence-electron chi connectivity index (χ2n) is 3.23. The van der Waals surface area contributed by atoms with Crippen molar-refractivity contribution in [3.05, 3.63) is 11.4 Å². The number of alkyl halides is 2. The molecular weight excluding hydrogens is 236 g/mol. The SMILES string of the molecule is COCCOC(=O)c1nnn(CC(F)F)c1C. The summed E-state index contributed by atoms with van der Waals surface area (Å²) >= 11 is 0. The van der Waals surface area contributed by atoms with Crippen LogP contribution in [-0.2, 0) is 16.0 Å². The van der Waals surface area contributed by atoms with Gasteiger partial charge in [-0.1, -0.05) is 5.21 Å². The van der Waals surface area contributed by atoms with Crippen LogP contribution < -0.4 is 0 Å². The summed E-state index contributed by atoms with van der Waals surface area (Å²) in [6.07, 6.45) is -2.55. The maximum absolute atomic E-state index is 12.1. The molecule has 0 fully saturated rings. The molecule has 1 aromatic rings. The van der Waals surface area contributed by atoms with Gasteiger partial charge in [-0.2, -0.15) is 0 Å². The summed E-state index contributed by atoms with van der Waals surface area (Å²) in [7, 11) is 1.47. The molecule has 0 atom stereocenters. The molecule has 0 aliphatic rings. The standard InChI is InChI=1S/C9H13F2N3O3/c1-6-8(9(15)17-4-3-16-2)12-13-14(6)5-7(10)11/h7H,3-5H2,1-2H3. The van der Waals surface area contributed by atoms with Crippen LogP contribution in [0.25, 0.3) is 0 Å². The Kier molecular flexibility index (Phi) is 4.95. The van der Waals surface area contributed by atoms with E-state index in [1.54, 1.807) is 0 Å². The number of carbonyl (C=O) groups is 1. The number of carbonyl (C=O) groups excluding carboxylic acids is 1. The van der Waals surface area contributed by atoms with Crippen molar-refractivity contribution in [3.63, 3.8) is 0 Å². The summed E-state index contributed by atoms with van der Waals surface area (Å²) in [4.78, 5) is 11.5. The summed E-state index contributed by atoms with van der Waals surface area (Å²) in [6.45, 7) is 1.23. The highest BCUT2D eigenvalue weighted by Gasteiger charge is 2.19. The smallest absolute Gasteiger partial charge is 0.360 e. The Labute approximate surface area is 96.5 Å². The van der Waals surface area contributed by atoms with Crippen LogP contribution in [0.4, 0.5) is 8.78 Å². The molecule has 8 heteroatoms. The molecule has 6 nitrogen and oxygen atoms in total. The minimum Gasteiger partial charge on any atom is -0.458 e. The second kappa shape index (κ2) is 6.24. The van der Waals surface area contributed by atoms with E-state index >= 15 is 0 Å². The Balaban J connectivity index is 2.65. The first-order chi connectivity index (χ1) is 8.06. The molecule has 17 heavy (non-hydrogen) atoms. The van der Waals surface area contributed by atoms with E-state index in [9.17, 15) is 13.6 Å². The molecular formula is C9H13F2N3O3. The van der Waals surface area contributed by atoms with E-state index in [0.29, 0.717) is 0 Å². The van der Waals surface area contributed by atoms with Crippen LogP contribution >= 0.6 is 0 Å². The first-order valence-electron chi connectivity index (χ1n) is 4.90. The molecule has 1 rings (SSSR count). The average Bonchev–Trinajstić information content (AvgIpc) is 2.60. The monoisotopic (exact) mass is 249 g/mol. The van der Waals surface area contributed by atoms with E-state index in [1.165, 1.54) is 14.0 Å². The molecule has 0 N–H and O–H groups in total. The van der Waals surface area contributed by atoms with Gasteiger partial charge in [-0.05, 0) is 6.92 Å². The molecule has 0 radical (unpaired) electrons. The maximum Gasteiger partial charge on any atom is 0.360 e. The molecule has 0 aromatic carbocycles. The topological polar surface area (TPSA) is 66.2 Å². The van der Waals surface area contributed by atoms with E-state index in [-0.39, 0.29) is 24.6 Å². The van der Waals surface area contributed by atoms with Crippen molar-refractivity contribution in [1.82, 2.24) is 15.0 Å². The van der Waals surface area contributed by atoms with Crippen molar-refractivity contribution in [3.8, 4) is 0 Å². The number of ether oxygens (including phenoxy) is 2. The van der Waals surface area contributed by atoms with Gasteiger partial charge in [0, 0.05) is 7.11 Å². The number of esters is 1. The Hall–Kier alpha value is -1.57. The zero-order valence-corrected chi connectivity index (χ0v) is 9.52. The molecule has 1 aromatic heterocycles. The van der Waals surface area contributed by atoms with Gasteiger partial charge in [-0.15, -0.1) is 5.10 Å². The van der Waals surface area contributed by atoms with Crippen LogP contribution in [0.5, 0.6) is 0 Å². The van der Waals surface area contributed by atoms with Gasteiger partial charge in [0.05, 0.1) is 12.3 Å². The van der Waals surface area contributed by atoms with Crippen molar-refractivity contribution in [1.29, 1.82) is 0 Å². The molecule has 0 saturated heterocycles. The zero-order chi connectivity index (χ0) is 12.8. The van der Waals surface area contributed by atoms with Gasteiger partial charge in [0.1, 0.15) is 13.2 Å². The Bertz CT molecular complexity index is 382. The number of aromatic nitrogens is 3. The quantitative estimate of drug-likeness (QED) is 0.547. The van der Waals surface area contributed by atoms with Crippen LogP contribution in [0.2, 0.25) is 0 Å². The van der Waals surface area contributed by atoms with E-state index in [1.807, 2.05) is 0 Å². The zero-order valence-electron chi connectivity index (χ0n) is 9.52. The average molecular weight is 249 g/mol. The van der Waals surface area contributed by atoms with Crippen LogP contribution in [0, 0.1) is 6.92 Å². The van der Waals surface area contributed by atoms with E-state index < -0.39 is 18.9 Å². The lowest BCUT2D eigenvalue weighted by molar-refractivity contribution is 0.0380. The number of hydrogen-bond donors (Lipinski definition) is 0. The van der Waals surface area contributed by atoms with E-state index in [0.717, 1.165) is 4.68 Å². The van der Waals surface area contributed by atoms with Gasteiger partial charge in [0.15, 0.2) is 5.69 Å². The number of nitrogens with zero attached hydrogens (tertiary/aromatic N) is 3. The summed E-state index contributed by atoms with van der Waals surface area (Å²) in [5, 5.41) is 6.97. The third-order valence-corrected chi connectivity index (χ3v) is 2.01. The molecule has 0 amide bonds. The highest BCUT2D eigenvalue weighted by Crippen LogP contribution is 2.07. The Morgan fingerprint density at radius 2 is 2.18 bits per heavy atom. The van der Waals surface area contributed by atoms with Crippen molar-refractivity contribution in [2.75, 3.05) is 20.3 Å². The van der Waals surface area contributed by atoms with Gasteiger partial charge in [-0.25, -0.2) is 18.3 Å². The molecule has 0 aliphatic carbocycles. The van der Waals surface area contributed by atoms with Crippen molar-refractivity contribution < 1.29 is 23.0 Å². The Morgan fingerprint density at radius 3 is 2.76 bits per heavy atom. The summed E-state index contributed by atoms with van der Waals surface area (Å²) in [6, 6.07) is 0. The van der Waals surface area contributed by atoms with Gasteiger partial charge < -0.3 is 9.47 Å². The number of halogens is 2. The van der Waals surface area contributed by atoms with E-state index in [4.69, 9.17) is 9.47 Å². The number of rotatable bonds is 6. The maximum atomic E-state index is 12.1. The lowest BCUT2D eigenvalue weighted by atomic mass is 10.3. The predicted molar refractivity (Wildman–Crippen MR) is 52.9 cm³/mol. The third-order valence-electron chi connectivity index (χ3n) is 2.01. The van der Waals surface area contributed by atoms with Gasteiger partial charge in [0.25, 0.3) is 6.43 Å². The largest absolute Gasteiger partial charge is 0.458 e.